The number of carbonyl (C=O) groups is 1. The summed E-state index contributed by atoms with van der Waals surface area (Å²) in [4.78, 5) is 15.9. The van der Waals surface area contributed by atoms with Gasteiger partial charge in [-0.2, -0.15) is 0 Å². The number of ether oxygens (including phenoxy) is 1. The minimum atomic E-state index is -0.265. The lowest BCUT2D eigenvalue weighted by molar-refractivity contribution is -0.132. The van der Waals surface area contributed by atoms with Crippen LogP contribution in [0.25, 0.3) is 0 Å². The number of nitrogens with zero attached hydrogens (tertiary/aromatic N) is 1. The van der Waals surface area contributed by atoms with Crippen molar-refractivity contribution in [1.29, 1.82) is 0 Å². The van der Waals surface area contributed by atoms with Crippen LogP contribution in [0.4, 0.5) is 4.39 Å². The van der Waals surface area contributed by atoms with Crippen LogP contribution in [-0.4, -0.2) is 44.2 Å². The molecule has 0 saturated carbocycles. The third-order valence-corrected chi connectivity index (χ3v) is 5.23. The summed E-state index contributed by atoms with van der Waals surface area (Å²) in [6, 6.07) is 8.38. The van der Waals surface area contributed by atoms with E-state index in [0.717, 1.165) is 17.5 Å². The zero-order valence-electron chi connectivity index (χ0n) is 13.6. The third kappa shape index (κ3) is 3.66. The quantitative estimate of drug-likeness (QED) is 0.816. The molecule has 4 nitrogen and oxygen atoms in total. The van der Waals surface area contributed by atoms with Crippen LogP contribution in [-0.2, 0) is 16.0 Å². The Labute approximate surface area is 145 Å². The fraction of sp³-hybridized carbons (Fsp3) is 0.389. The van der Waals surface area contributed by atoms with Gasteiger partial charge in [-0.15, -0.1) is 11.3 Å². The Bertz CT molecular complexity index is 687. The number of hydrogen-bond acceptors (Lipinski definition) is 4. The summed E-state index contributed by atoms with van der Waals surface area (Å²) in [5.41, 5.74) is 2.10. The van der Waals surface area contributed by atoms with Gasteiger partial charge in [0.15, 0.2) is 0 Å². The molecule has 0 saturated heterocycles. The number of nitrogens with one attached hydrogen (secondary N) is 1. The van der Waals surface area contributed by atoms with Crippen molar-refractivity contribution in [3.05, 3.63) is 57.5 Å². The van der Waals surface area contributed by atoms with Crippen LogP contribution in [0, 0.1) is 5.82 Å². The van der Waals surface area contributed by atoms with E-state index in [2.05, 4.69) is 16.8 Å². The van der Waals surface area contributed by atoms with Crippen molar-refractivity contribution in [1.82, 2.24) is 10.2 Å². The van der Waals surface area contributed by atoms with Gasteiger partial charge in [0.2, 0.25) is 5.91 Å². The van der Waals surface area contributed by atoms with Crippen LogP contribution in [0.1, 0.15) is 22.0 Å². The Morgan fingerprint density at radius 3 is 2.92 bits per heavy atom. The average Bonchev–Trinajstić information content (AvgIpc) is 3.07. The molecular weight excluding hydrogens is 327 g/mol. The summed E-state index contributed by atoms with van der Waals surface area (Å²) in [7, 11) is 1.64. The molecule has 0 unspecified atom stereocenters. The van der Waals surface area contributed by atoms with Gasteiger partial charge in [0, 0.05) is 25.1 Å². The second-order valence-electron chi connectivity index (χ2n) is 5.76. The Morgan fingerprint density at radius 2 is 2.17 bits per heavy atom. The van der Waals surface area contributed by atoms with Gasteiger partial charge in [-0.1, -0.05) is 12.1 Å². The first-order valence-electron chi connectivity index (χ1n) is 8.01. The van der Waals surface area contributed by atoms with E-state index in [1.165, 1.54) is 17.0 Å². The zero-order chi connectivity index (χ0) is 16.9. The summed E-state index contributed by atoms with van der Waals surface area (Å²) in [6.07, 6.45) is 0.870. The van der Waals surface area contributed by atoms with Crippen molar-refractivity contribution < 1.29 is 13.9 Å². The standard InChI is InChI=1S/C18H21FN2O2S/c1-23-10-8-20-12-17(22)21-9-6-16-15(7-11-24-16)18(21)13-2-4-14(19)5-3-13/h2-5,7,11,18,20H,6,8-10,12H2,1H3/t18-/m0/s1. The normalized spacial score (nSPS) is 16.9. The lowest BCUT2D eigenvalue weighted by atomic mass is 9.93. The minimum absolute atomic E-state index is 0.0530. The van der Waals surface area contributed by atoms with Crippen LogP contribution < -0.4 is 5.32 Å². The molecule has 0 bridgehead atoms. The van der Waals surface area contributed by atoms with Crippen LogP contribution >= 0.6 is 11.3 Å². The van der Waals surface area contributed by atoms with Gasteiger partial charge in [0.25, 0.3) is 0 Å². The number of fused-ring (bicyclic) bond motifs is 1. The number of hydrogen-bond donors (Lipinski definition) is 1. The van der Waals surface area contributed by atoms with E-state index in [9.17, 15) is 9.18 Å². The fourth-order valence-electron chi connectivity index (χ4n) is 3.06. The van der Waals surface area contributed by atoms with E-state index < -0.39 is 0 Å². The number of thiophene rings is 1. The molecule has 1 aliphatic heterocycles. The molecule has 6 heteroatoms. The highest BCUT2D eigenvalue weighted by molar-refractivity contribution is 7.10. The predicted molar refractivity (Wildman–Crippen MR) is 92.7 cm³/mol. The molecule has 0 aliphatic carbocycles. The molecule has 3 rings (SSSR count). The van der Waals surface area contributed by atoms with Crippen molar-refractivity contribution in [3.63, 3.8) is 0 Å². The van der Waals surface area contributed by atoms with Crippen molar-refractivity contribution in [2.75, 3.05) is 33.4 Å². The number of methoxy groups -OCH3 is 1. The van der Waals surface area contributed by atoms with Crippen LogP contribution in [0.15, 0.2) is 35.7 Å². The number of halogens is 1. The third-order valence-electron chi connectivity index (χ3n) is 4.23. The van der Waals surface area contributed by atoms with Crippen LogP contribution in [0.5, 0.6) is 0 Å². The zero-order valence-corrected chi connectivity index (χ0v) is 14.4. The SMILES string of the molecule is COCCNCC(=O)N1CCc2sccc2[C@@H]1c1ccc(F)cc1. The Hall–Kier alpha value is -1.76. The van der Waals surface area contributed by atoms with Gasteiger partial charge in [-0.05, 0) is 41.1 Å². The van der Waals surface area contributed by atoms with E-state index in [0.29, 0.717) is 19.7 Å². The highest BCUT2D eigenvalue weighted by atomic mass is 32.1. The number of benzene rings is 1. The summed E-state index contributed by atoms with van der Waals surface area (Å²) in [6.45, 7) is 2.17. The van der Waals surface area contributed by atoms with E-state index in [1.54, 1.807) is 30.6 Å². The van der Waals surface area contributed by atoms with E-state index in [-0.39, 0.29) is 24.3 Å². The predicted octanol–water partition coefficient (Wildman–Crippen LogP) is 2.60. The Balaban J connectivity index is 1.82. The monoisotopic (exact) mass is 348 g/mol. The molecule has 24 heavy (non-hydrogen) atoms. The lowest BCUT2D eigenvalue weighted by Crippen LogP contribution is -2.44. The molecule has 1 amide bonds. The second kappa shape index (κ2) is 7.88. The van der Waals surface area contributed by atoms with E-state index in [4.69, 9.17) is 4.74 Å². The topological polar surface area (TPSA) is 41.6 Å². The van der Waals surface area contributed by atoms with Crippen molar-refractivity contribution in [3.8, 4) is 0 Å². The first-order valence-corrected chi connectivity index (χ1v) is 8.89. The van der Waals surface area contributed by atoms with E-state index in [1.807, 2.05) is 4.90 Å². The van der Waals surface area contributed by atoms with Gasteiger partial charge in [-0.3, -0.25) is 4.79 Å². The summed E-state index contributed by atoms with van der Waals surface area (Å²) in [5, 5.41) is 5.17. The molecular formula is C18H21FN2O2S. The summed E-state index contributed by atoms with van der Waals surface area (Å²) < 4.78 is 18.3. The van der Waals surface area contributed by atoms with Gasteiger partial charge in [0.1, 0.15) is 5.82 Å². The number of carbonyl (C=O) groups excluding carboxylic acids is 1. The Morgan fingerprint density at radius 1 is 1.38 bits per heavy atom. The first kappa shape index (κ1) is 17.1. The van der Waals surface area contributed by atoms with Gasteiger partial charge >= 0.3 is 0 Å². The number of rotatable bonds is 6. The summed E-state index contributed by atoms with van der Waals surface area (Å²) in [5.74, 6) is -0.212. The van der Waals surface area contributed by atoms with Gasteiger partial charge < -0.3 is 15.0 Å². The van der Waals surface area contributed by atoms with Crippen molar-refractivity contribution >= 4 is 17.2 Å². The van der Waals surface area contributed by atoms with Gasteiger partial charge in [0.05, 0.1) is 19.2 Å². The highest BCUT2D eigenvalue weighted by Crippen LogP contribution is 2.37. The van der Waals surface area contributed by atoms with Gasteiger partial charge in [-0.25, -0.2) is 4.39 Å². The molecule has 1 aromatic carbocycles. The molecule has 2 heterocycles. The highest BCUT2D eigenvalue weighted by Gasteiger charge is 2.32. The maximum atomic E-state index is 13.3. The molecule has 0 radical (unpaired) electrons. The molecule has 1 atom stereocenters. The average molecular weight is 348 g/mol. The largest absolute Gasteiger partial charge is 0.383 e. The molecule has 0 fully saturated rings. The molecule has 1 N–H and O–H groups in total. The first-order chi connectivity index (χ1) is 11.7. The van der Waals surface area contributed by atoms with Crippen LogP contribution in [0.3, 0.4) is 0 Å². The second-order valence-corrected chi connectivity index (χ2v) is 6.76. The fourth-order valence-corrected chi connectivity index (χ4v) is 3.96. The smallest absolute Gasteiger partial charge is 0.237 e. The summed E-state index contributed by atoms with van der Waals surface area (Å²) >= 11 is 1.72. The molecule has 2 aromatic rings. The molecule has 1 aliphatic rings. The molecule has 0 spiro atoms. The Kier molecular flexibility index (Phi) is 5.60. The van der Waals surface area contributed by atoms with Crippen LogP contribution in [0.2, 0.25) is 0 Å². The maximum Gasteiger partial charge on any atom is 0.237 e. The number of amides is 1. The van der Waals surface area contributed by atoms with Crippen molar-refractivity contribution in [2.45, 2.75) is 12.5 Å². The lowest BCUT2D eigenvalue weighted by Gasteiger charge is -2.36. The molecule has 128 valence electrons. The minimum Gasteiger partial charge on any atom is -0.383 e. The molecule has 1 aromatic heterocycles. The van der Waals surface area contributed by atoms with E-state index >= 15 is 0 Å². The maximum absolute atomic E-state index is 13.3. The van der Waals surface area contributed by atoms with Crippen molar-refractivity contribution in [2.24, 2.45) is 0 Å².